The van der Waals surface area contributed by atoms with Crippen molar-refractivity contribution in [2.45, 2.75) is 61.0 Å². The summed E-state index contributed by atoms with van der Waals surface area (Å²) in [6.07, 6.45) is -12.1. The SMILES string of the molecule is OCC1OC(c2ccc(-c3ccc(-c4ccc(C5OC(CO)C(O)C(O)C5O)cc4)cc3)cc2)C(O)C(O)C1O. The molecule has 0 amide bonds. The fraction of sp³-hybridized carbons (Fsp3) is 0.400. The van der Waals surface area contributed by atoms with Gasteiger partial charge in [-0.2, -0.15) is 0 Å². The van der Waals surface area contributed by atoms with Crippen molar-refractivity contribution in [2.24, 2.45) is 0 Å². The third kappa shape index (κ3) is 5.44. The first-order valence-electron chi connectivity index (χ1n) is 13.1. The fourth-order valence-electron chi connectivity index (χ4n) is 5.34. The highest BCUT2D eigenvalue weighted by molar-refractivity contribution is 5.70. The number of ether oxygens (including phenoxy) is 2. The van der Waals surface area contributed by atoms with E-state index in [9.17, 15) is 40.9 Å². The summed E-state index contributed by atoms with van der Waals surface area (Å²) in [5.74, 6) is 0. The van der Waals surface area contributed by atoms with Gasteiger partial charge in [-0.1, -0.05) is 72.8 Å². The van der Waals surface area contributed by atoms with E-state index < -0.39 is 74.3 Å². The molecule has 0 aromatic heterocycles. The van der Waals surface area contributed by atoms with E-state index in [0.29, 0.717) is 11.1 Å². The van der Waals surface area contributed by atoms with Gasteiger partial charge in [0.25, 0.3) is 0 Å². The Morgan fingerprint density at radius 2 is 0.675 bits per heavy atom. The zero-order chi connectivity index (χ0) is 28.6. The fourth-order valence-corrected chi connectivity index (χ4v) is 5.34. The Hall–Kier alpha value is -2.74. The van der Waals surface area contributed by atoms with Crippen molar-refractivity contribution in [3.05, 3.63) is 83.9 Å². The van der Waals surface area contributed by atoms with Gasteiger partial charge >= 0.3 is 0 Å². The molecule has 2 saturated heterocycles. The summed E-state index contributed by atoms with van der Waals surface area (Å²) < 4.78 is 11.3. The van der Waals surface area contributed by atoms with Crippen LogP contribution in [-0.2, 0) is 9.47 Å². The highest BCUT2D eigenvalue weighted by atomic mass is 16.6. The number of hydrogen-bond donors (Lipinski definition) is 8. The van der Waals surface area contributed by atoms with Crippen LogP contribution in [0.15, 0.2) is 72.8 Å². The molecule has 214 valence electrons. The summed E-state index contributed by atoms with van der Waals surface area (Å²) >= 11 is 0. The molecule has 0 aliphatic carbocycles. The minimum absolute atomic E-state index is 0.484. The molecule has 10 heteroatoms. The van der Waals surface area contributed by atoms with Gasteiger partial charge in [-0.15, -0.1) is 0 Å². The molecule has 0 bridgehead atoms. The average Bonchev–Trinajstić information content (AvgIpc) is 2.99. The van der Waals surface area contributed by atoms with Crippen LogP contribution in [0.4, 0.5) is 0 Å². The van der Waals surface area contributed by atoms with Crippen LogP contribution in [-0.4, -0.2) is 103 Å². The van der Waals surface area contributed by atoms with Crippen LogP contribution < -0.4 is 0 Å². The third-order valence-corrected chi connectivity index (χ3v) is 7.81. The van der Waals surface area contributed by atoms with Crippen molar-refractivity contribution in [2.75, 3.05) is 13.2 Å². The molecule has 3 aromatic rings. The Morgan fingerprint density at radius 1 is 0.400 bits per heavy atom. The lowest BCUT2D eigenvalue weighted by Gasteiger charge is -2.40. The average molecular weight is 555 g/mol. The topological polar surface area (TPSA) is 180 Å². The molecule has 5 rings (SSSR count). The van der Waals surface area contributed by atoms with E-state index in [0.717, 1.165) is 22.3 Å². The van der Waals surface area contributed by atoms with Crippen LogP contribution >= 0.6 is 0 Å². The van der Waals surface area contributed by atoms with E-state index in [2.05, 4.69) is 0 Å². The summed E-state index contributed by atoms with van der Waals surface area (Å²) in [5.41, 5.74) is 4.94. The summed E-state index contributed by atoms with van der Waals surface area (Å²) in [7, 11) is 0. The lowest BCUT2D eigenvalue weighted by atomic mass is 9.90. The Labute approximate surface area is 230 Å². The number of aliphatic hydroxyl groups is 8. The quantitative estimate of drug-likeness (QED) is 0.207. The number of benzene rings is 3. The zero-order valence-corrected chi connectivity index (χ0v) is 21.5. The summed E-state index contributed by atoms with van der Waals surface area (Å²) in [4.78, 5) is 0. The molecule has 2 fully saturated rings. The van der Waals surface area contributed by atoms with Crippen molar-refractivity contribution < 1.29 is 50.3 Å². The Balaban J connectivity index is 1.28. The minimum Gasteiger partial charge on any atom is -0.394 e. The Bertz CT molecular complexity index is 1150. The predicted octanol–water partition coefficient (Wildman–Crippen LogP) is 0.0504. The van der Waals surface area contributed by atoms with Gasteiger partial charge in [-0.25, -0.2) is 0 Å². The van der Waals surface area contributed by atoms with E-state index in [1.807, 2.05) is 48.5 Å². The van der Waals surface area contributed by atoms with Crippen LogP contribution in [0.3, 0.4) is 0 Å². The summed E-state index contributed by atoms with van der Waals surface area (Å²) in [6, 6.07) is 22.4. The second-order valence-corrected chi connectivity index (χ2v) is 10.3. The maximum absolute atomic E-state index is 10.4. The van der Waals surface area contributed by atoms with Gasteiger partial charge in [0.15, 0.2) is 0 Å². The standard InChI is InChI=1S/C30H34O10/c31-13-21-23(33)25(35)27(37)29(39-21)19-9-5-17(6-10-19)15-1-2-16(4-3-15)18-7-11-20(12-8-18)30-28(38)26(36)24(34)22(14-32)40-30/h1-12,21-38H,13-14H2. The van der Waals surface area contributed by atoms with Gasteiger partial charge in [0.1, 0.15) is 61.0 Å². The van der Waals surface area contributed by atoms with Gasteiger partial charge in [0, 0.05) is 0 Å². The van der Waals surface area contributed by atoms with Crippen LogP contribution in [0, 0.1) is 0 Å². The van der Waals surface area contributed by atoms with Crippen LogP contribution in [0.25, 0.3) is 22.3 Å². The van der Waals surface area contributed by atoms with E-state index >= 15 is 0 Å². The van der Waals surface area contributed by atoms with Crippen LogP contribution in [0.5, 0.6) is 0 Å². The molecule has 40 heavy (non-hydrogen) atoms. The monoisotopic (exact) mass is 554 g/mol. The molecule has 0 radical (unpaired) electrons. The Kier molecular flexibility index (Phi) is 8.64. The summed E-state index contributed by atoms with van der Waals surface area (Å²) in [6.45, 7) is -0.968. The molecule has 10 unspecified atom stereocenters. The first kappa shape index (κ1) is 28.8. The number of aliphatic hydroxyl groups excluding tert-OH is 8. The minimum atomic E-state index is -1.44. The molecule has 10 nitrogen and oxygen atoms in total. The molecule has 2 heterocycles. The molecule has 0 saturated carbocycles. The van der Waals surface area contributed by atoms with Gasteiger partial charge in [0.2, 0.25) is 0 Å². The largest absolute Gasteiger partial charge is 0.394 e. The maximum atomic E-state index is 10.4. The van der Waals surface area contributed by atoms with E-state index in [1.165, 1.54) is 0 Å². The number of hydrogen-bond acceptors (Lipinski definition) is 10. The molecule has 2 aliphatic heterocycles. The van der Waals surface area contributed by atoms with Gasteiger partial charge in [0.05, 0.1) is 13.2 Å². The van der Waals surface area contributed by atoms with Crippen molar-refractivity contribution in [3.8, 4) is 22.3 Å². The van der Waals surface area contributed by atoms with Crippen LogP contribution in [0.1, 0.15) is 23.3 Å². The molecule has 3 aromatic carbocycles. The van der Waals surface area contributed by atoms with Crippen molar-refractivity contribution in [1.29, 1.82) is 0 Å². The molecule has 8 N–H and O–H groups in total. The van der Waals surface area contributed by atoms with E-state index in [1.54, 1.807) is 24.3 Å². The molecular formula is C30H34O10. The lowest BCUT2D eigenvalue weighted by molar-refractivity contribution is -0.231. The highest BCUT2D eigenvalue weighted by Crippen LogP contribution is 2.35. The molecule has 0 spiro atoms. The second-order valence-electron chi connectivity index (χ2n) is 10.3. The molecule has 2 aliphatic rings. The van der Waals surface area contributed by atoms with Gasteiger partial charge in [-0.3, -0.25) is 0 Å². The van der Waals surface area contributed by atoms with E-state index in [-0.39, 0.29) is 0 Å². The summed E-state index contributed by atoms with van der Waals surface area (Å²) in [5, 5.41) is 79.8. The Morgan fingerprint density at radius 3 is 0.950 bits per heavy atom. The predicted molar refractivity (Wildman–Crippen MR) is 143 cm³/mol. The second kappa shape index (κ2) is 12.0. The zero-order valence-electron chi connectivity index (χ0n) is 21.5. The molecule has 10 atom stereocenters. The van der Waals surface area contributed by atoms with Gasteiger partial charge < -0.3 is 50.3 Å². The van der Waals surface area contributed by atoms with Crippen LogP contribution in [0.2, 0.25) is 0 Å². The van der Waals surface area contributed by atoms with Gasteiger partial charge in [-0.05, 0) is 33.4 Å². The third-order valence-electron chi connectivity index (χ3n) is 7.81. The highest BCUT2D eigenvalue weighted by Gasteiger charge is 2.45. The van der Waals surface area contributed by atoms with Crippen molar-refractivity contribution >= 4 is 0 Å². The first-order valence-corrected chi connectivity index (χ1v) is 13.1. The maximum Gasteiger partial charge on any atom is 0.113 e. The van der Waals surface area contributed by atoms with Crippen molar-refractivity contribution in [3.63, 3.8) is 0 Å². The molecular weight excluding hydrogens is 520 g/mol. The van der Waals surface area contributed by atoms with E-state index in [4.69, 9.17) is 9.47 Å². The normalized spacial score (nSPS) is 34.5. The van der Waals surface area contributed by atoms with Crippen molar-refractivity contribution in [1.82, 2.24) is 0 Å². The first-order chi connectivity index (χ1) is 19.2. The smallest absolute Gasteiger partial charge is 0.113 e. The lowest BCUT2D eigenvalue weighted by Crippen LogP contribution is -2.55. The number of rotatable bonds is 6.